The van der Waals surface area contributed by atoms with Gasteiger partial charge in [0.2, 0.25) is 0 Å². The Balaban J connectivity index is 1.81. The van der Waals surface area contributed by atoms with E-state index in [0.29, 0.717) is 4.99 Å². The lowest BCUT2D eigenvalue weighted by Crippen LogP contribution is -2.08. The Kier molecular flexibility index (Phi) is 4.61. The van der Waals surface area contributed by atoms with Crippen LogP contribution in [-0.2, 0) is 5.75 Å². The van der Waals surface area contributed by atoms with Gasteiger partial charge in [-0.3, -0.25) is 0 Å². The first-order valence-electron chi connectivity index (χ1n) is 5.62. The fourth-order valence-electron chi connectivity index (χ4n) is 1.91. The van der Waals surface area contributed by atoms with Crippen molar-refractivity contribution in [1.29, 1.82) is 0 Å². The molecule has 0 radical (unpaired) electrons. The van der Waals surface area contributed by atoms with Crippen LogP contribution in [-0.4, -0.2) is 15.2 Å². The summed E-state index contributed by atoms with van der Waals surface area (Å²) in [6, 6.07) is 0. The zero-order chi connectivity index (χ0) is 11.4. The largest absolute Gasteiger partial charge is 0.389 e. The maximum atomic E-state index is 5.56. The zero-order valence-corrected chi connectivity index (χ0v) is 11.6. The second-order valence-electron chi connectivity index (χ2n) is 4.05. The SMILES string of the molecule is NC(=S)c1cnc(CSC2CCCCC2)s1. The minimum atomic E-state index is 0.464. The van der Waals surface area contributed by atoms with Crippen molar-refractivity contribution in [3.8, 4) is 0 Å². The van der Waals surface area contributed by atoms with Crippen molar-refractivity contribution in [3.05, 3.63) is 16.1 Å². The van der Waals surface area contributed by atoms with Gasteiger partial charge < -0.3 is 5.73 Å². The molecule has 2 rings (SSSR count). The third-order valence-electron chi connectivity index (χ3n) is 2.79. The summed E-state index contributed by atoms with van der Waals surface area (Å²) in [7, 11) is 0. The number of nitrogens with two attached hydrogens (primary N) is 1. The quantitative estimate of drug-likeness (QED) is 0.853. The molecule has 1 aromatic rings. The van der Waals surface area contributed by atoms with Crippen molar-refractivity contribution in [2.24, 2.45) is 5.73 Å². The maximum Gasteiger partial charge on any atom is 0.115 e. The fourth-order valence-corrected chi connectivity index (χ4v) is 4.21. The smallest absolute Gasteiger partial charge is 0.115 e. The molecule has 0 aromatic carbocycles. The highest BCUT2D eigenvalue weighted by atomic mass is 32.2. The lowest BCUT2D eigenvalue weighted by atomic mass is 10.0. The van der Waals surface area contributed by atoms with Crippen molar-refractivity contribution < 1.29 is 0 Å². The third kappa shape index (κ3) is 3.43. The Morgan fingerprint density at radius 1 is 1.50 bits per heavy atom. The summed E-state index contributed by atoms with van der Waals surface area (Å²) in [5.74, 6) is 1.01. The number of thiazole rings is 1. The van der Waals surface area contributed by atoms with Crippen molar-refractivity contribution in [2.75, 3.05) is 0 Å². The van der Waals surface area contributed by atoms with Crippen molar-refractivity contribution >= 4 is 40.3 Å². The van der Waals surface area contributed by atoms with E-state index in [2.05, 4.69) is 4.98 Å². The molecule has 0 saturated heterocycles. The van der Waals surface area contributed by atoms with Gasteiger partial charge in [0.05, 0.1) is 4.88 Å². The topological polar surface area (TPSA) is 38.9 Å². The van der Waals surface area contributed by atoms with Gasteiger partial charge in [0.1, 0.15) is 10.00 Å². The van der Waals surface area contributed by atoms with Crippen LogP contribution in [0.4, 0.5) is 0 Å². The molecule has 1 saturated carbocycles. The molecule has 1 aromatic heterocycles. The number of nitrogens with zero attached hydrogens (tertiary/aromatic N) is 1. The molecule has 0 spiro atoms. The molecule has 0 atom stereocenters. The molecule has 0 unspecified atom stereocenters. The van der Waals surface area contributed by atoms with Gasteiger partial charge in [0.15, 0.2) is 0 Å². The van der Waals surface area contributed by atoms with Crippen molar-refractivity contribution in [1.82, 2.24) is 4.98 Å². The van der Waals surface area contributed by atoms with Gasteiger partial charge in [-0.2, -0.15) is 11.8 Å². The predicted molar refractivity (Wildman–Crippen MR) is 76.2 cm³/mol. The highest BCUT2D eigenvalue weighted by molar-refractivity contribution is 7.99. The summed E-state index contributed by atoms with van der Waals surface area (Å²) in [6.45, 7) is 0. The van der Waals surface area contributed by atoms with Gasteiger partial charge in [-0.1, -0.05) is 31.5 Å². The first-order chi connectivity index (χ1) is 7.75. The maximum absolute atomic E-state index is 5.56. The molecule has 0 bridgehead atoms. The lowest BCUT2D eigenvalue weighted by molar-refractivity contribution is 0.516. The van der Waals surface area contributed by atoms with E-state index in [1.54, 1.807) is 17.5 Å². The second-order valence-corrected chi connectivity index (χ2v) is 6.90. The molecule has 5 heteroatoms. The summed E-state index contributed by atoms with van der Waals surface area (Å²) in [4.78, 5) is 5.76. The van der Waals surface area contributed by atoms with E-state index in [4.69, 9.17) is 18.0 Å². The minimum absolute atomic E-state index is 0.464. The van der Waals surface area contributed by atoms with Gasteiger partial charge in [0, 0.05) is 17.2 Å². The van der Waals surface area contributed by atoms with E-state index < -0.39 is 0 Å². The molecule has 1 fully saturated rings. The summed E-state index contributed by atoms with van der Waals surface area (Å²) in [5.41, 5.74) is 5.56. The first-order valence-corrected chi connectivity index (χ1v) is 7.89. The number of thiocarbonyl (C=S) groups is 1. The third-order valence-corrected chi connectivity index (χ3v) is 5.74. The Labute approximate surface area is 110 Å². The van der Waals surface area contributed by atoms with Crippen molar-refractivity contribution in [3.63, 3.8) is 0 Å². The fraction of sp³-hybridized carbons (Fsp3) is 0.636. The highest BCUT2D eigenvalue weighted by Crippen LogP contribution is 2.31. The van der Waals surface area contributed by atoms with Crippen LogP contribution < -0.4 is 5.73 Å². The Morgan fingerprint density at radius 3 is 2.88 bits per heavy atom. The minimum Gasteiger partial charge on any atom is -0.389 e. The normalized spacial score (nSPS) is 17.5. The molecular weight excluding hydrogens is 256 g/mol. The van der Waals surface area contributed by atoms with Crippen LogP contribution in [0.5, 0.6) is 0 Å². The van der Waals surface area contributed by atoms with Crippen LogP contribution in [0.15, 0.2) is 6.20 Å². The molecule has 2 nitrogen and oxygen atoms in total. The van der Waals surface area contributed by atoms with Gasteiger partial charge in [-0.05, 0) is 12.8 Å². The van der Waals surface area contributed by atoms with E-state index in [0.717, 1.165) is 20.9 Å². The van der Waals surface area contributed by atoms with Gasteiger partial charge in [-0.25, -0.2) is 4.98 Å². The monoisotopic (exact) mass is 272 g/mol. The molecule has 1 aliphatic carbocycles. The summed E-state index contributed by atoms with van der Waals surface area (Å²) in [5, 5.41) is 1.99. The molecule has 0 amide bonds. The predicted octanol–water partition coefficient (Wildman–Crippen LogP) is 3.34. The van der Waals surface area contributed by atoms with E-state index in [9.17, 15) is 0 Å². The Morgan fingerprint density at radius 2 is 2.25 bits per heavy atom. The zero-order valence-electron chi connectivity index (χ0n) is 9.15. The average molecular weight is 272 g/mol. The molecule has 0 aliphatic heterocycles. The van der Waals surface area contributed by atoms with Crippen LogP contribution in [0, 0.1) is 0 Å². The van der Waals surface area contributed by atoms with E-state index in [-0.39, 0.29) is 0 Å². The highest BCUT2D eigenvalue weighted by Gasteiger charge is 2.14. The number of rotatable bonds is 4. The van der Waals surface area contributed by atoms with E-state index in [1.807, 2.05) is 11.8 Å². The Bertz CT molecular complexity index is 356. The number of thioether (sulfide) groups is 1. The summed E-state index contributed by atoms with van der Waals surface area (Å²) in [6.07, 6.45) is 8.75. The second kappa shape index (κ2) is 5.98. The van der Waals surface area contributed by atoms with Crippen LogP contribution in [0.2, 0.25) is 0 Å². The van der Waals surface area contributed by atoms with Gasteiger partial charge in [-0.15, -0.1) is 11.3 Å². The first kappa shape index (κ1) is 12.3. The van der Waals surface area contributed by atoms with E-state index in [1.165, 1.54) is 32.1 Å². The molecule has 88 valence electrons. The van der Waals surface area contributed by atoms with Crippen LogP contribution in [0.1, 0.15) is 42.0 Å². The average Bonchev–Trinajstić information content (AvgIpc) is 2.76. The van der Waals surface area contributed by atoms with Crippen molar-refractivity contribution in [2.45, 2.75) is 43.1 Å². The van der Waals surface area contributed by atoms with Gasteiger partial charge in [0.25, 0.3) is 0 Å². The van der Waals surface area contributed by atoms with E-state index >= 15 is 0 Å². The number of aromatic nitrogens is 1. The van der Waals surface area contributed by atoms with Crippen LogP contribution in [0.3, 0.4) is 0 Å². The van der Waals surface area contributed by atoms with Gasteiger partial charge >= 0.3 is 0 Å². The Hall–Kier alpha value is -0.130. The lowest BCUT2D eigenvalue weighted by Gasteiger charge is -2.20. The summed E-state index contributed by atoms with van der Waals surface area (Å²) < 4.78 is 0. The standard InChI is InChI=1S/C11H16N2S3/c12-11(14)9-6-13-10(16-9)7-15-8-4-2-1-3-5-8/h6,8H,1-5,7H2,(H2,12,14). The molecule has 2 N–H and O–H groups in total. The van der Waals surface area contributed by atoms with Crippen LogP contribution in [0.25, 0.3) is 0 Å². The number of hydrogen-bond donors (Lipinski definition) is 1. The molecule has 16 heavy (non-hydrogen) atoms. The molecular formula is C11H16N2S3. The molecule has 1 heterocycles. The summed E-state index contributed by atoms with van der Waals surface area (Å²) >= 11 is 8.60. The molecule has 1 aliphatic rings. The number of hydrogen-bond acceptors (Lipinski definition) is 4. The van der Waals surface area contributed by atoms with Crippen LogP contribution >= 0.6 is 35.3 Å².